The van der Waals surface area contributed by atoms with E-state index in [9.17, 15) is 14.0 Å². The lowest BCUT2D eigenvalue weighted by Gasteiger charge is -2.39. The minimum atomic E-state index is -0.779. The number of aromatic nitrogens is 2. The third-order valence-electron chi connectivity index (χ3n) is 5.82. The Morgan fingerprint density at radius 3 is 2.57 bits per heavy atom. The number of benzene rings is 2. The van der Waals surface area contributed by atoms with E-state index in [0.717, 1.165) is 5.56 Å². The third kappa shape index (κ3) is 3.73. The van der Waals surface area contributed by atoms with Crippen LogP contribution in [0.5, 0.6) is 0 Å². The summed E-state index contributed by atoms with van der Waals surface area (Å²) in [5, 5.41) is 0.517. The van der Waals surface area contributed by atoms with Crippen LogP contribution in [-0.4, -0.2) is 40.5 Å². The van der Waals surface area contributed by atoms with E-state index in [1.807, 2.05) is 13.0 Å². The van der Waals surface area contributed by atoms with Gasteiger partial charge in [0, 0.05) is 19.8 Å². The lowest BCUT2D eigenvalue weighted by atomic mass is 9.73. The lowest BCUT2D eigenvalue weighted by molar-refractivity contribution is -0.142. The average Bonchev–Trinajstić information content (AvgIpc) is 2.78. The molecule has 0 aliphatic carbocycles. The maximum atomic E-state index is 13.7. The molecule has 1 aromatic heterocycles. The molecule has 7 heteroatoms. The highest BCUT2D eigenvalue weighted by atomic mass is 19.1. The quantitative estimate of drug-likeness (QED) is 0.702. The van der Waals surface area contributed by atoms with Crippen molar-refractivity contribution in [2.45, 2.75) is 31.7 Å². The maximum absolute atomic E-state index is 13.7. The summed E-state index contributed by atoms with van der Waals surface area (Å²) in [6, 6.07) is 13.3. The van der Waals surface area contributed by atoms with Crippen molar-refractivity contribution in [1.82, 2.24) is 14.9 Å². The number of aromatic amines is 1. The number of halogens is 1. The summed E-state index contributed by atoms with van der Waals surface area (Å²) >= 11 is 0. The molecule has 2 aromatic carbocycles. The van der Waals surface area contributed by atoms with Gasteiger partial charge in [-0.05, 0) is 49.6 Å². The molecule has 1 N–H and O–H groups in total. The second-order valence-electron chi connectivity index (χ2n) is 7.55. The molecule has 1 amide bonds. The minimum Gasteiger partial charge on any atom is -0.381 e. The number of amides is 1. The van der Waals surface area contributed by atoms with Gasteiger partial charge in [0.15, 0.2) is 0 Å². The Hall–Kier alpha value is -3.06. The average molecular weight is 409 g/mol. The first kappa shape index (κ1) is 20.2. The number of carbonyl (C=O) groups is 1. The topological polar surface area (TPSA) is 75.3 Å². The molecule has 1 aliphatic heterocycles. The number of carbonyl (C=O) groups excluding carboxylic acids is 1. The van der Waals surface area contributed by atoms with Crippen molar-refractivity contribution in [1.29, 1.82) is 0 Å². The molecule has 6 nitrogen and oxygen atoms in total. The van der Waals surface area contributed by atoms with Gasteiger partial charge in [0.2, 0.25) is 5.91 Å². The zero-order valence-electron chi connectivity index (χ0n) is 16.9. The fourth-order valence-corrected chi connectivity index (χ4v) is 4.14. The van der Waals surface area contributed by atoms with Crippen LogP contribution in [0.2, 0.25) is 0 Å². The predicted octanol–water partition coefficient (Wildman–Crippen LogP) is 3.16. The van der Waals surface area contributed by atoms with E-state index in [1.165, 1.54) is 12.1 Å². The maximum Gasteiger partial charge on any atom is 0.258 e. The van der Waals surface area contributed by atoms with Crippen molar-refractivity contribution in [2.24, 2.45) is 0 Å². The Balaban J connectivity index is 1.68. The summed E-state index contributed by atoms with van der Waals surface area (Å²) in [7, 11) is 0. The Morgan fingerprint density at radius 1 is 1.17 bits per heavy atom. The van der Waals surface area contributed by atoms with E-state index >= 15 is 0 Å². The number of nitrogens with zero attached hydrogens (tertiary/aromatic N) is 2. The Labute approximate surface area is 173 Å². The highest BCUT2D eigenvalue weighted by molar-refractivity contribution is 5.88. The van der Waals surface area contributed by atoms with Crippen LogP contribution in [0.15, 0.2) is 53.3 Å². The van der Waals surface area contributed by atoms with Crippen LogP contribution < -0.4 is 5.56 Å². The van der Waals surface area contributed by atoms with Crippen LogP contribution in [0, 0.1) is 5.82 Å². The number of rotatable bonds is 5. The molecule has 0 spiro atoms. The number of hydrogen-bond donors (Lipinski definition) is 1. The first-order valence-corrected chi connectivity index (χ1v) is 10.1. The molecule has 1 saturated heterocycles. The number of ether oxygens (including phenoxy) is 1. The molecule has 4 rings (SSSR count). The van der Waals surface area contributed by atoms with Crippen molar-refractivity contribution in [3.63, 3.8) is 0 Å². The monoisotopic (exact) mass is 409 g/mol. The smallest absolute Gasteiger partial charge is 0.258 e. The van der Waals surface area contributed by atoms with E-state index in [0.29, 0.717) is 49.3 Å². The highest BCUT2D eigenvalue weighted by Gasteiger charge is 2.44. The molecule has 1 aliphatic rings. The molecule has 0 atom stereocenters. The van der Waals surface area contributed by atoms with Gasteiger partial charge in [0.25, 0.3) is 5.56 Å². The van der Waals surface area contributed by atoms with E-state index in [4.69, 9.17) is 4.74 Å². The van der Waals surface area contributed by atoms with Gasteiger partial charge in [-0.2, -0.15) is 0 Å². The van der Waals surface area contributed by atoms with Gasteiger partial charge in [0.05, 0.1) is 22.9 Å². The summed E-state index contributed by atoms with van der Waals surface area (Å²) in [6.07, 6.45) is 1.05. The molecule has 30 heavy (non-hydrogen) atoms. The molecular weight excluding hydrogens is 385 g/mol. The van der Waals surface area contributed by atoms with E-state index in [-0.39, 0.29) is 23.8 Å². The Morgan fingerprint density at radius 2 is 1.87 bits per heavy atom. The van der Waals surface area contributed by atoms with Gasteiger partial charge < -0.3 is 14.6 Å². The van der Waals surface area contributed by atoms with Crippen LogP contribution in [0.25, 0.3) is 10.9 Å². The van der Waals surface area contributed by atoms with Gasteiger partial charge >= 0.3 is 0 Å². The molecule has 1 fully saturated rings. The van der Waals surface area contributed by atoms with Gasteiger partial charge in [-0.15, -0.1) is 0 Å². The summed E-state index contributed by atoms with van der Waals surface area (Å²) in [5.74, 6) is 0.0460. The number of para-hydroxylation sites is 1. The first-order chi connectivity index (χ1) is 14.5. The molecular formula is C23H24FN3O3. The molecule has 0 unspecified atom stereocenters. The number of fused-ring (bicyclic) bond motifs is 1. The standard InChI is InChI=1S/C23H24FN3O3/c1-2-27(15-20-25-19-6-4-3-5-18(19)21(28)26-20)22(29)23(11-13-30-14-12-23)16-7-9-17(24)10-8-16/h3-10H,2,11-15H2,1H3,(H,25,26,28). The van der Waals surface area contributed by atoms with Crippen LogP contribution in [0.3, 0.4) is 0 Å². The predicted molar refractivity (Wildman–Crippen MR) is 112 cm³/mol. The lowest BCUT2D eigenvalue weighted by Crippen LogP contribution is -2.50. The molecule has 0 bridgehead atoms. The largest absolute Gasteiger partial charge is 0.381 e. The van der Waals surface area contributed by atoms with Crippen LogP contribution >= 0.6 is 0 Å². The third-order valence-corrected chi connectivity index (χ3v) is 5.82. The fraction of sp³-hybridized carbons (Fsp3) is 0.348. The second-order valence-corrected chi connectivity index (χ2v) is 7.55. The van der Waals surface area contributed by atoms with Crippen LogP contribution in [0.4, 0.5) is 4.39 Å². The van der Waals surface area contributed by atoms with Crippen LogP contribution in [-0.2, 0) is 21.5 Å². The van der Waals surface area contributed by atoms with Crippen molar-refractivity contribution in [2.75, 3.05) is 19.8 Å². The fourth-order valence-electron chi connectivity index (χ4n) is 4.14. The number of H-pyrrole nitrogens is 1. The first-order valence-electron chi connectivity index (χ1n) is 10.1. The zero-order valence-corrected chi connectivity index (χ0v) is 16.9. The highest BCUT2D eigenvalue weighted by Crippen LogP contribution is 2.37. The van der Waals surface area contributed by atoms with E-state index < -0.39 is 5.41 Å². The van der Waals surface area contributed by atoms with Crippen LogP contribution in [0.1, 0.15) is 31.2 Å². The summed E-state index contributed by atoms with van der Waals surface area (Å²) < 4.78 is 19.0. The van der Waals surface area contributed by atoms with Crippen molar-refractivity contribution in [3.8, 4) is 0 Å². The Kier molecular flexibility index (Phi) is 5.63. The minimum absolute atomic E-state index is 0.0595. The summed E-state index contributed by atoms with van der Waals surface area (Å²) in [6.45, 7) is 3.48. The van der Waals surface area contributed by atoms with Crippen molar-refractivity contribution >= 4 is 16.8 Å². The molecule has 0 radical (unpaired) electrons. The second kappa shape index (κ2) is 8.36. The summed E-state index contributed by atoms with van der Waals surface area (Å²) in [4.78, 5) is 35.2. The van der Waals surface area contributed by atoms with Crippen molar-refractivity contribution < 1.29 is 13.9 Å². The molecule has 2 heterocycles. The molecule has 3 aromatic rings. The summed E-state index contributed by atoms with van der Waals surface area (Å²) in [5.41, 5.74) is 0.382. The number of nitrogens with one attached hydrogen (secondary N) is 1. The SMILES string of the molecule is CCN(Cc1nc2ccccc2c(=O)[nH]1)C(=O)C1(c2ccc(F)cc2)CCOCC1. The molecule has 156 valence electrons. The van der Waals surface area contributed by atoms with Crippen molar-refractivity contribution in [3.05, 3.63) is 76.1 Å². The Bertz CT molecular complexity index is 1100. The van der Waals surface area contributed by atoms with Gasteiger partial charge in [0.1, 0.15) is 11.6 Å². The number of likely N-dealkylation sites (N-methyl/N-ethyl adjacent to an activating group) is 1. The van der Waals surface area contributed by atoms with E-state index in [2.05, 4.69) is 9.97 Å². The zero-order chi connectivity index (χ0) is 21.1. The number of hydrogen-bond acceptors (Lipinski definition) is 4. The van der Waals surface area contributed by atoms with E-state index in [1.54, 1.807) is 35.2 Å². The van der Waals surface area contributed by atoms with Gasteiger partial charge in [-0.1, -0.05) is 24.3 Å². The van der Waals surface area contributed by atoms with Gasteiger partial charge in [-0.25, -0.2) is 9.37 Å². The normalized spacial score (nSPS) is 15.8. The van der Waals surface area contributed by atoms with Gasteiger partial charge in [-0.3, -0.25) is 9.59 Å². The molecule has 0 saturated carbocycles.